The van der Waals surface area contributed by atoms with E-state index in [1.54, 1.807) is 0 Å². The highest BCUT2D eigenvalue weighted by Gasteiger charge is 2.18. The molecule has 0 fully saturated rings. The molecule has 1 amide bonds. The van der Waals surface area contributed by atoms with Crippen LogP contribution in [0.5, 0.6) is 0 Å². The molecule has 0 radical (unpaired) electrons. The Morgan fingerprint density at radius 2 is 2.00 bits per heavy atom. The number of nitrogens with zero attached hydrogens (tertiary/aromatic N) is 2. The van der Waals surface area contributed by atoms with Gasteiger partial charge in [0, 0.05) is 18.0 Å². The number of likely N-dealkylation sites (N-methyl/N-ethyl adjacent to an activating group) is 1. The van der Waals surface area contributed by atoms with Crippen molar-refractivity contribution in [3.8, 4) is 0 Å². The fraction of sp³-hybridized carbons (Fsp3) is 0.353. The highest BCUT2D eigenvalue weighted by Crippen LogP contribution is 2.27. The number of hydrogen-bond acceptors (Lipinski definition) is 5. The van der Waals surface area contributed by atoms with Crippen LogP contribution in [0, 0.1) is 13.8 Å². The topological polar surface area (TPSA) is 72.1 Å². The summed E-state index contributed by atoms with van der Waals surface area (Å²) < 4.78 is 10.3. The fourth-order valence-electron chi connectivity index (χ4n) is 2.34. The van der Waals surface area contributed by atoms with E-state index in [2.05, 4.69) is 9.84 Å². The zero-order valence-electron chi connectivity index (χ0n) is 14.0. The molecule has 0 atom stereocenters. The van der Waals surface area contributed by atoms with Crippen molar-refractivity contribution in [3.05, 3.63) is 35.1 Å². The van der Waals surface area contributed by atoms with Crippen LogP contribution in [0.3, 0.4) is 0 Å². The Bertz CT molecular complexity index is 789. The van der Waals surface area contributed by atoms with E-state index in [9.17, 15) is 9.59 Å². The number of esters is 1. The lowest BCUT2D eigenvalue weighted by Gasteiger charge is -2.12. The number of amides is 1. The SMILES string of the molecule is COC(=O)C(C)=NN(C)C(=O)Cc1c(C)oc2ccc(C)cc12. The number of hydrazone groups is 1. The van der Waals surface area contributed by atoms with Gasteiger partial charge in [0.1, 0.15) is 17.1 Å². The molecule has 0 N–H and O–H groups in total. The quantitative estimate of drug-likeness (QED) is 0.494. The van der Waals surface area contributed by atoms with Crippen molar-refractivity contribution in [2.24, 2.45) is 5.10 Å². The van der Waals surface area contributed by atoms with Gasteiger partial charge < -0.3 is 9.15 Å². The molecule has 0 unspecified atom stereocenters. The summed E-state index contributed by atoms with van der Waals surface area (Å²) in [5.74, 6) is -0.0909. The maximum Gasteiger partial charge on any atom is 0.353 e. The lowest BCUT2D eigenvalue weighted by molar-refractivity contribution is -0.132. The third-order valence-corrected chi connectivity index (χ3v) is 3.62. The van der Waals surface area contributed by atoms with Crippen LogP contribution in [-0.4, -0.2) is 36.8 Å². The predicted molar refractivity (Wildman–Crippen MR) is 87.3 cm³/mol. The van der Waals surface area contributed by atoms with Crippen molar-refractivity contribution < 1.29 is 18.7 Å². The van der Waals surface area contributed by atoms with Crippen molar-refractivity contribution in [3.63, 3.8) is 0 Å². The Labute approximate surface area is 134 Å². The molecule has 6 heteroatoms. The average Bonchev–Trinajstić information content (AvgIpc) is 2.81. The summed E-state index contributed by atoms with van der Waals surface area (Å²) in [6, 6.07) is 5.86. The lowest BCUT2D eigenvalue weighted by Crippen LogP contribution is -2.26. The lowest BCUT2D eigenvalue weighted by atomic mass is 10.1. The molecule has 122 valence electrons. The fourth-order valence-corrected chi connectivity index (χ4v) is 2.34. The number of benzene rings is 1. The van der Waals surface area contributed by atoms with E-state index in [1.807, 2.05) is 32.0 Å². The monoisotopic (exact) mass is 316 g/mol. The Morgan fingerprint density at radius 3 is 2.65 bits per heavy atom. The molecule has 0 spiro atoms. The molecule has 6 nitrogen and oxygen atoms in total. The highest BCUT2D eigenvalue weighted by atomic mass is 16.5. The van der Waals surface area contributed by atoms with Crippen molar-refractivity contribution in [1.82, 2.24) is 5.01 Å². The number of aryl methyl sites for hydroxylation is 2. The standard InChI is InChI=1S/C17H20N2O4/c1-10-6-7-15-14(8-10)13(12(3)23-15)9-16(20)19(4)18-11(2)17(21)22-5/h6-8H,9H2,1-5H3. The minimum Gasteiger partial charge on any atom is -0.464 e. The highest BCUT2D eigenvalue weighted by molar-refractivity contribution is 6.35. The van der Waals surface area contributed by atoms with E-state index in [1.165, 1.54) is 21.1 Å². The summed E-state index contributed by atoms with van der Waals surface area (Å²) >= 11 is 0. The van der Waals surface area contributed by atoms with Crippen molar-refractivity contribution in [2.45, 2.75) is 27.2 Å². The minimum absolute atomic E-state index is 0.118. The first-order valence-corrected chi connectivity index (χ1v) is 7.22. The second-order valence-electron chi connectivity index (χ2n) is 5.41. The van der Waals surface area contributed by atoms with Crippen molar-refractivity contribution >= 4 is 28.6 Å². The number of carbonyl (C=O) groups excluding carboxylic acids is 2. The third kappa shape index (κ3) is 3.59. The molecule has 1 heterocycles. The molecule has 1 aromatic heterocycles. The molecule has 2 rings (SSSR count). The summed E-state index contributed by atoms with van der Waals surface area (Å²) in [6.07, 6.45) is 0.150. The van der Waals surface area contributed by atoms with E-state index < -0.39 is 5.97 Å². The van der Waals surface area contributed by atoms with Gasteiger partial charge in [-0.15, -0.1) is 0 Å². The van der Waals surface area contributed by atoms with E-state index >= 15 is 0 Å². The van der Waals surface area contributed by atoms with E-state index in [-0.39, 0.29) is 18.0 Å². The van der Waals surface area contributed by atoms with Gasteiger partial charge in [-0.1, -0.05) is 11.6 Å². The Hall–Kier alpha value is -2.63. The number of carbonyl (C=O) groups is 2. The second kappa shape index (κ2) is 6.64. The van der Waals surface area contributed by atoms with Gasteiger partial charge in [-0.2, -0.15) is 5.10 Å². The molecule has 2 aromatic rings. The van der Waals surface area contributed by atoms with E-state index in [0.717, 1.165) is 27.1 Å². The molecular formula is C17H20N2O4. The maximum atomic E-state index is 12.4. The van der Waals surface area contributed by atoms with Gasteiger partial charge in [-0.25, -0.2) is 9.80 Å². The van der Waals surface area contributed by atoms with Gasteiger partial charge in [0.05, 0.1) is 13.5 Å². The van der Waals surface area contributed by atoms with Crippen molar-refractivity contribution in [1.29, 1.82) is 0 Å². The molecular weight excluding hydrogens is 296 g/mol. The van der Waals surface area contributed by atoms with Gasteiger partial charge in [0.2, 0.25) is 5.91 Å². The third-order valence-electron chi connectivity index (χ3n) is 3.62. The molecule has 0 bridgehead atoms. The summed E-state index contributed by atoms with van der Waals surface area (Å²) in [4.78, 5) is 23.7. The van der Waals surface area contributed by atoms with Crippen LogP contribution < -0.4 is 0 Å². The smallest absolute Gasteiger partial charge is 0.353 e. The second-order valence-corrected chi connectivity index (χ2v) is 5.41. The number of fused-ring (bicyclic) bond motifs is 1. The number of furan rings is 1. The number of ether oxygens (including phenoxy) is 1. The first-order valence-electron chi connectivity index (χ1n) is 7.22. The van der Waals surface area contributed by atoms with Gasteiger partial charge in [0.25, 0.3) is 0 Å². The zero-order valence-corrected chi connectivity index (χ0v) is 14.0. The summed E-state index contributed by atoms with van der Waals surface area (Å²) in [7, 11) is 2.78. The van der Waals surface area contributed by atoms with E-state index in [4.69, 9.17) is 4.42 Å². The number of methoxy groups -OCH3 is 1. The Balaban J connectivity index is 2.25. The number of hydrogen-bond donors (Lipinski definition) is 0. The minimum atomic E-state index is -0.565. The molecule has 0 aliphatic heterocycles. The summed E-state index contributed by atoms with van der Waals surface area (Å²) in [6.45, 7) is 5.32. The normalized spacial score (nSPS) is 11.6. The molecule has 0 aliphatic carbocycles. The molecule has 0 saturated carbocycles. The molecule has 1 aromatic carbocycles. The van der Waals surface area contributed by atoms with Crippen LogP contribution in [0.1, 0.15) is 23.8 Å². The Kier molecular flexibility index (Phi) is 4.83. The molecule has 0 aliphatic rings. The van der Waals surface area contributed by atoms with Gasteiger partial charge in [0.15, 0.2) is 0 Å². The van der Waals surface area contributed by atoms with Crippen molar-refractivity contribution in [2.75, 3.05) is 14.2 Å². The van der Waals surface area contributed by atoms with Crippen LogP contribution in [0.25, 0.3) is 11.0 Å². The summed E-state index contributed by atoms with van der Waals surface area (Å²) in [5, 5.41) is 6.03. The van der Waals surface area contributed by atoms with Crippen LogP contribution in [-0.2, 0) is 20.7 Å². The van der Waals surface area contributed by atoms with Gasteiger partial charge >= 0.3 is 5.97 Å². The molecule has 0 saturated heterocycles. The predicted octanol–water partition coefficient (Wildman–Crippen LogP) is 2.60. The first-order chi connectivity index (χ1) is 10.8. The van der Waals surface area contributed by atoms with Crippen LogP contribution >= 0.6 is 0 Å². The first kappa shape index (κ1) is 16.7. The zero-order chi connectivity index (χ0) is 17.1. The maximum absolute atomic E-state index is 12.4. The largest absolute Gasteiger partial charge is 0.464 e. The Morgan fingerprint density at radius 1 is 1.30 bits per heavy atom. The van der Waals surface area contributed by atoms with E-state index in [0.29, 0.717) is 5.76 Å². The van der Waals surface area contributed by atoms with Crippen LogP contribution in [0.2, 0.25) is 0 Å². The van der Waals surface area contributed by atoms with Crippen LogP contribution in [0.15, 0.2) is 27.7 Å². The van der Waals surface area contributed by atoms with Gasteiger partial charge in [-0.3, -0.25) is 4.79 Å². The average molecular weight is 316 g/mol. The van der Waals surface area contributed by atoms with Crippen LogP contribution in [0.4, 0.5) is 0 Å². The molecule has 23 heavy (non-hydrogen) atoms. The number of rotatable bonds is 4. The summed E-state index contributed by atoms with van der Waals surface area (Å²) in [5.41, 5.74) is 2.81. The van der Waals surface area contributed by atoms with Gasteiger partial charge in [-0.05, 0) is 32.9 Å².